The molecule has 0 amide bonds. The SMILES string of the molecule is [2H]c1c(C)[n+](C)c(-c2cc(C)c(F)c(C)c2C)c2ccc(C)cc12. The molecule has 0 bridgehead atoms. The van der Waals surface area contributed by atoms with Gasteiger partial charge in [0.15, 0.2) is 5.69 Å². The van der Waals surface area contributed by atoms with Crippen LogP contribution in [-0.4, -0.2) is 0 Å². The number of aromatic nitrogens is 1. The van der Waals surface area contributed by atoms with Crippen molar-refractivity contribution in [3.05, 3.63) is 64.1 Å². The first kappa shape index (κ1) is 14.4. The number of hydrogen-bond donors (Lipinski definition) is 0. The summed E-state index contributed by atoms with van der Waals surface area (Å²) in [5.74, 6) is -0.132. The Hall–Kier alpha value is -2.22. The van der Waals surface area contributed by atoms with E-state index in [1.807, 2.05) is 47.7 Å². The smallest absolute Gasteiger partial charge is 0.206 e. The largest absolute Gasteiger partial charge is 0.220 e. The van der Waals surface area contributed by atoms with Crippen molar-refractivity contribution in [2.45, 2.75) is 34.6 Å². The van der Waals surface area contributed by atoms with Gasteiger partial charge in [0.05, 0.1) is 12.3 Å². The predicted octanol–water partition coefficient (Wildman–Crippen LogP) is 5.01. The van der Waals surface area contributed by atoms with Crippen LogP contribution in [-0.2, 0) is 7.05 Å². The Kier molecular flexibility index (Phi) is 3.41. The maximum absolute atomic E-state index is 14.3. The fourth-order valence-corrected chi connectivity index (χ4v) is 3.22. The molecule has 0 saturated carbocycles. The molecule has 0 aliphatic carbocycles. The van der Waals surface area contributed by atoms with Crippen molar-refractivity contribution in [1.29, 1.82) is 0 Å². The molecule has 2 aromatic carbocycles. The molecular formula is C21H23FN+. The lowest BCUT2D eigenvalue weighted by Crippen LogP contribution is -2.35. The number of pyridine rings is 1. The second-order valence-electron chi connectivity index (χ2n) is 6.47. The average molecular weight is 309 g/mol. The summed E-state index contributed by atoms with van der Waals surface area (Å²) >= 11 is 0. The van der Waals surface area contributed by atoms with Crippen LogP contribution in [0.15, 0.2) is 30.3 Å². The lowest BCUT2D eigenvalue weighted by Gasteiger charge is -2.14. The van der Waals surface area contributed by atoms with Crippen LogP contribution < -0.4 is 4.57 Å². The van der Waals surface area contributed by atoms with E-state index in [1.54, 1.807) is 0 Å². The average Bonchev–Trinajstić information content (AvgIpc) is 2.56. The molecular weight excluding hydrogens is 285 g/mol. The van der Waals surface area contributed by atoms with E-state index in [9.17, 15) is 4.39 Å². The van der Waals surface area contributed by atoms with Gasteiger partial charge in [-0.1, -0.05) is 17.7 Å². The van der Waals surface area contributed by atoms with Gasteiger partial charge in [0.2, 0.25) is 5.69 Å². The van der Waals surface area contributed by atoms with Gasteiger partial charge in [0.1, 0.15) is 12.9 Å². The van der Waals surface area contributed by atoms with Crippen molar-refractivity contribution < 1.29 is 10.3 Å². The molecule has 0 N–H and O–H groups in total. The summed E-state index contributed by atoms with van der Waals surface area (Å²) in [6.07, 6.45) is 0. The van der Waals surface area contributed by atoms with E-state index in [1.165, 1.54) is 0 Å². The number of benzene rings is 2. The summed E-state index contributed by atoms with van der Waals surface area (Å²) < 4.78 is 24.8. The number of aryl methyl sites for hydroxylation is 2. The fraction of sp³-hybridized carbons (Fsp3) is 0.286. The molecule has 1 aromatic heterocycles. The molecule has 2 heteroatoms. The minimum absolute atomic E-state index is 0.132. The highest BCUT2D eigenvalue weighted by atomic mass is 19.1. The first-order valence-electron chi connectivity index (χ1n) is 8.40. The van der Waals surface area contributed by atoms with Crippen molar-refractivity contribution in [3.63, 3.8) is 0 Å². The van der Waals surface area contributed by atoms with Gasteiger partial charge < -0.3 is 0 Å². The zero-order valence-corrected chi connectivity index (χ0v) is 14.6. The number of halogens is 1. The summed E-state index contributed by atoms with van der Waals surface area (Å²) in [7, 11) is 1.98. The van der Waals surface area contributed by atoms with Gasteiger partial charge in [0, 0.05) is 13.0 Å². The van der Waals surface area contributed by atoms with E-state index in [4.69, 9.17) is 1.37 Å². The van der Waals surface area contributed by atoms with Crippen LogP contribution in [0.5, 0.6) is 0 Å². The standard InChI is InChI=1S/C21H23FN/c1-12-7-8-18-17(9-12)11-14(3)23(6)21(18)19-10-13(2)20(22)16(5)15(19)4/h7-11H,1-6H3/q+1/i11D. The number of nitrogens with zero attached hydrogens (tertiary/aromatic N) is 1. The number of fused-ring (bicyclic) bond motifs is 1. The number of rotatable bonds is 1. The van der Waals surface area contributed by atoms with Gasteiger partial charge in [-0.05, 0) is 61.9 Å². The minimum Gasteiger partial charge on any atom is -0.206 e. The summed E-state index contributed by atoms with van der Waals surface area (Å²) in [6, 6.07) is 8.68. The highest BCUT2D eigenvalue weighted by molar-refractivity contribution is 5.94. The Morgan fingerprint density at radius 2 is 1.70 bits per heavy atom. The molecule has 0 saturated heterocycles. The molecule has 3 aromatic rings. The van der Waals surface area contributed by atoms with Crippen LogP contribution in [0, 0.1) is 40.4 Å². The Morgan fingerprint density at radius 1 is 1.00 bits per heavy atom. The molecule has 0 atom stereocenters. The van der Waals surface area contributed by atoms with Crippen LogP contribution in [0.1, 0.15) is 29.3 Å². The number of hydrogen-bond acceptors (Lipinski definition) is 0. The molecule has 0 aliphatic heterocycles. The monoisotopic (exact) mass is 309 g/mol. The van der Waals surface area contributed by atoms with Gasteiger partial charge >= 0.3 is 0 Å². The van der Waals surface area contributed by atoms with E-state index >= 15 is 0 Å². The Balaban J connectivity index is 2.52. The Labute approximate surface area is 138 Å². The van der Waals surface area contributed by atoms with Crippen molar-refractivity contribution in [3.8, 4) is 11.3 Å². The molecule has 0 aliphatic rings. The summed E-state index contributed by atoms with van der Waals surface area (Å²) in [4.78, 5) is 0. The van der Waals surface area contributed by atoms with Crippen molar-refractivity contribution in [2.24, 2.45) is 7.05 Å². The Bertz CT molecular complexity index is 990. The summed E-state index contributed by atoms with van der Waals surface area (Å²) in [6.45, 7) is 9.62. The first-order valence-corrected chi connectivity index (χ1v) is 7.90. The zero-order chi connectivity index (χ0) is 17.8. The first-order chi connectivity index (χ1) is 11.2. The lowest BCUT2D eigenvalue weighted by atomic mass is 9.93. The molecule has 1 heterocycles. The normalized spacial score (nSPS) is 11.9. The summed E-state index contributed by atoms with van der Waals surface area (Å²) in [5.41, 5.74) is 6.42. The van der Waals surface area contributed by atoms with Gasteiger partial charge in [-0.3, -0.25) is 0 Å². The molecule has 0 fully saturated rings. The maximum atomic E-state index is 14.3. The molecule has 0 unspecified atom stereocenters. The van der Waals surface area contributed by atoms with E-state index in [0.29, 0.717) is 17.2 Å². The fourth-order valence-electron chi connectivity index (χ4n) is 3.22. The second kappa shape index (κ2) is 5.45. The molecule has 3 rings (SSSR count). The van der Waals surface area contributed by atoms with Crippen LogP contribution in [0.3, 0.4) is 0 Å². The highest BCUT2D eigenvalue weighted by Crippen LogP contribution is 2.32. The minimum atomic E-state index is -0.132. The van der Waals surface area contributed by atoms with Crippen LogP contribution in [0.4, 0.5) is 4.39 Å². The summed E-state index contributed by atoms with van der Waals surface area (Å²) in [5, 5.41) is 1.98. The van der Waals surface area contributed by atoms with Crippen LogP contribution in [0.25, 0.3) is 22.0 Å². The van der Waals surface area contributed by atoms with Crippen molar-refractivity contribution >= 4 is 10.8 Å². The topological polar surface area (TPSA) is 3.88 Å². The maximum Gasteiger partial charge on any atom is 0.220 e. The molecule has 118 valence electrons. The third-order valence-corrected chi connectivity index (χ3v) is 4.84. The molecule has 0 radical (unpaired) electrons. The molecule has 0 spiro atoms. The Morgan fingerprint density at radius 3 is 2.39 bits per heavy atom. The molecule has 1 nitrogen and oxygen atoms in total. The highest BCUT2D eigenvalue weighted by Gasteiger charge is 2.22. The van der Waals surface area contributed by atoms with Gasteiger partial charge in [-0.15, -0.1) is 0 Å². The van der Waals surface area contributed by atoms with Gasteiger partial charge in [0.25, 0.3) is 0 Å². The van der Waals surface area contributed by atoms with Gasteiger partial charge in [-0.25, -0.2) is 4.39 Å². The lowest BCUT2D eigenvalue weighted by molar-refractivity contribution is -0.665. The van der Waals surface area contributed by atoms with Gasteiger partial charge in [-0.2, -0.15) is 4.57 Å². The quantitative estimate of drug-likeness (QED) is 0.556. The van der Waals surface area contributed by atoms with E-state index < -0.39 is 0 Å². The zero-order valence-electron chi connectivity index (χ0n) is 15.6. The third-order valence-electron chi connectivity index (χ3n) is 4.84. The van der Waals surface area contributed by atoms with Crippen molar-refractivity contribution in [1.82, 2.24) is 0 Å². The van der Waals surface area contributed by atoms with E-state index in [0.717, 1.165) is 38.9 Å². The third kappa shape index (κ3) is 2.42. The van der Waals surface area contributed by atoms with E-state index in [-0.39, 0.29) is 5.82 Å². The molecule has 23 heavy (non-hydrogen) atoms. The predicted molar refractivity (Wildman–Crippen MR) is 94.2 cm³/mol. The second-order valence-corrected chi connectivity index (χ2v) is 6.47. The van der Waals surface area contributed by atoms with Crippen molar-refractivity contribution in [2.75, 3.05) is 0 Å². The van der Waals surface area contributed by atoms with Crippen LogP contribution in [0.2, 0.25) is 0 Å². The van der Waals surface area contributed by atoms with E-state index in [2.05, 4.69) is 22.8 Å². The van der Waals surface area contributed by atoms with Crippen LogP contribution >= 0.6 is 0 Å².